The lowest BCUT2D eigenvalue weighted by Gasteiger charge is -2.11. The highest BCUT2D eigenvalue weighted by Gasteiger charge is 2.05. The first-order chi connectivity index (χ1) is 8.31. The van der Waals surface area contributed by atoms with Crippen LogP contribution < -0.4 is 0 Å². The predicted molar refractivity (Wildman–Crippen MR) is 84.6 cm³/mol. The molecule has 0 amide bonds. The number of allylic oxidation sites excluding steroid dienone is 1. The van der Waals surface area contributed by atoms with Crippen LogP contribution in [0.2, 0.25) is 0 Å². The summed E-state index contributed by atoms with van der Waals surface area (Å²) in [6.45, 7) is 2.32. The minimum Gasteiger partial charge on any atom is -0.0782 e. The molecule has 0 radical (unpaired) electrons. The molecule has 1 atom stereocenters. The molecule has 0 N–H and O–H groups in total. The van der Waals surface area contributed by atoms with Crippen LogP contribution in [0.5, 0.6) is 0 Å². The molecule has 0 aliphatic carbocycles. The van der Waals surface area contributed by atoms with Crippen molar-refractivity contribution in [1.82, 2.24) is 0 Å². The van der Waals surface area contributed by atoms with Gasteiger partial charge in [0.2, 0.25) is 0 Å². The van der Waals surface area contributed by atoms with E-state index in [2.05, 4.69) is 82.1 Å². The van der Waals surface area contributed by atoms with Crippen LogP contribution in [0.15, 0.2) is 52.6 Å². The highest BCUT2D eigenvalue weighted by molar-refractivity contribution is 14.1. The van der Waals surface area contributed by atoms with Crippen molar-refractivity contribution in [2.75, 3.05) is 0 Å². The van der Waals surface area contributed by atoms with E-state index in [1.807, 2.05) is 0 Å². The van der Waals surface area contributed by atoms with Crippen molar-refractivity contribution in [3.05, 3.63) is 58.2 Å². The summed E-state index contributed by atoms with van der Waals surface area (Å²) in [5.74, 6) is 0.701. The summed E-state index contributed by atoms with van der Waals surface area (Å²) in [6, 6.07) is 15.3. The molecule has 88 valence electrons. The Morgan fingerprint density at radius 1 is 1.12 bits per heavy atom. The molecule has 1 heteroatoms. The van der Waals surface area contributed by atoms with Gasteiger partial charge >= 0.3 is 0 Å². The van der Waals surface area contributed by atoms with Gasteiger partial charge in [-0.15, -0.1) is 0 Å². The van der Waals surface area contributed by atoms with Gasteiger partial charge in [-0.25, -0.2) is 0 Å². The lowest BCUT2D eigenvalue weighted by Crippen LogP contribution is -1.98. The molecule has 0 nitrogen and oxygen atoms in total. The van der Waals surface area contributed by atoms with Crippen LogP contribution >= 0.6 is 22.6 Å². The van der Waals surface area contributed by atoms with Crippen molar-refractivity contribution in [3.63, 3.8) is 0 Å². The van der Waals surface area contributed by atoms with Crippen LogP contribution in [0.25, 0.3) is 10.8 Å². The second-order valence-corrected chi connectivity index (χ2v) is 5.26. The van der Waals surface area contributed by atoms with Crippen LogP contribution in [-0.2, 0) is 6.42 Å². The highest BCUT2D eigenvalue weighted by atomic mass is 127. The standard InChI is InChI=1S/C16H17I/c1-13(6-5-11-17)12-15-9-4-8-14-7-2-3-10-16(14)15/h2-5,7-11,13H,6,12H2,1H3/b11-5+/t13-/m1/s1. The summed E-state index contributed by atoms with van der Waals surface area (Å²) >= 11 is 2.29. The monoisotopic (exact) mass is 336 g/mol. The normalized spacial score (nSPS) is 13.3. The fourth-order valence-electron chi connectivity index (χ4n) is 2.21. The maximum absolute atomic E-state index is 2.32. The van der Waals surface area contributed by atoms with Gasteiger partial charge in [-0.3, -0.25) is 0 Å². The molecule has 0 aromatic heterocycles. The zero-order valence-corrected chi connectivity index (χ0v) is 12.2. The number of halogens is 1. The topological polar surface area (TPSA) is 0 Å². The lowest BCUT2D eigenvalue weighted by atomic mass is 9.94. The average molecular weight is 336 g/mol. The molecule has 0 spiro atoms. The van der Waals surface area contributed by atoms with Gasteiger partial charge in [0.05, 0.1) is 0 Å². The van der Waals surface area contributed by atoms with E-state index in [1.54, 1.807) is 0 Å². The predicted octanol–water partition coefficient (Wildman–Crippen LogP) is 5.36. The van der Waals surface area contributed by atoms with Gasteiger partial charge in [-0.2, -0.15) is 0 Å². The smallest absolute Gasteiger partial charge is 0.0152 e. The SMILES string of the molecule is C[C@H](C/C=C/I)Cc1cccc2ccccc12. The molecule has 2 aromatic rings. The molecule has 0 saturated carbocycles. The number of fused-ring (bicyclic) bond motifs is 1. The number of hydrogen-bond donors (Lipinski definition) is 0. The highest BCUT2D eigenvalue weighted by Crippen LogP contribution is 2.22. The lowest BCUT2D eigenvalue weighted by molar-refractivity contribution is 0.592. The minimum absolute atomic E-state index is 0.701. The summed E-state index contributed by atoms with van der Waals surface area (Å²) < 4.78 is 2.11. The fraction of sp³-hybridized carbons (Fsp3) is 0.250. The second-order valence-electron chi connectivity index (χ2n) is 4.54. The van der Waals surface area contributed by atoms with Crippen molar-refractivity contribution >= 4 is 33.4 Å². The van der Waals surface area contributed by atoms with Gasteiger partial charge in [0, 0.05) is 0 Å². The van der Waals surface area contributed by atoms with E-state index in [9.17, 15) is 0 Å². The van der Waals surface area contributed by atoms with E-state index in [0.29, 0.717) is 5.92 Å². The minimum atomic E-state index is 0.701. The molecule has 2 aromatic carbocycles. The quantitative estimate of drug-likeness (QED) is 0.660. The van der Waals surface area contributed by atoms with E-state index in [4.69, 9.17) is 0 Å². The number of rotatable bonds is 4. The summed E-state index contributed by atoms with van der Waals surface area (Å²) in [4.78, 5) is 0. The molecule has 17 heavy (non-hydrogen) atoms. The summed E-state index contributed by atoms with van der Waals surface area (Å²) in [5.41, 5.74) is 1.47. The van der Waals surface area contributed by atoms with E-state index in [0.717, 1.165) is 12.8 Å². The molecule has 0 heterocycles. The van der Waals surface area contributed by atoms with Gasteiger partial charge < -0.3 is 0 Å². The third-order valence-corrected chi connectivity index (χ3v) is 3.58. The summed E-state index contributed by atoms with van der Waals surface area (Å²) in [5, 5.41) is 2.75. The first-order valence-electron chi connectivity index (χ1n) is 6.03. The van der Waals surface area contributed by atoms with Gasteiger partial charge in [-0.1, -0.05) is 78.1 Å². The largest absolute Gasteiger partial charge is 0.0782 e. The van der Waals surface area contributed by atoms with Crippen LogP contribution in [-0.4, -0.2) is 0 Å². The van der Waals surface area contributed by atoms with E-state index in [1.165, 1.54) is 16.3 Å². The van der Waals surface area contributed by atoms with E-state index < -0.39 is 0 Å². The maximum Gasteiger partial charge on any atom is -0.0152 e. The van der Waals surface area contributed by atoms with Crippen LogP contribution in [0.1, 0.15) is 18.9 Å². The van der Waals surface area contributed by atoms with E-state index in [-0.39, 0.29) is 0 Å². The fourth-order valence-corrected chi connectivity index (χ4v) is 2.51. The van der Waals surface area contributed by atoms with Crippen LogP contribution in [0, 0.1) is 5.92 Å². The summed E-state index contributed by atoms with van der Waals surface area (Å²) in [7, 11) is 0. The number of hydrogen-bond acceptors (Lipinski definition) is 0. The molecular formula is C16H17I. The first kappa shape index (κ1) is 12.6. The van der Waals surface area contributed by atoms with E-state index >= 15 is 0 Å². The molecule has 0 aliphatic rings. The van der Waals surface area contributed by atoms with Crippen LogP contribution in [0.4, 0.5) is 0 Å². The Hall–Kier alpha value is -0.830. The van der Waals surface area contributed by atoms with Gasteiger partial charge in [0.15, 0.2) is 0 Å². The van der Waals surface area contributed by atoms with Crippen molar-refractivity contribution in [2.24, 2.45) is 5.92 Å². The first-order valence-corrected chi connectivity index (χ1v) is 7.27. The third-order valence-electron chi connectivity index (χ3n) is 3.08. The second kappa shape index (κ2) is 6.20. The molecule has 0 fully saturated rings. The molecular weight excluding hydrogens is 319 g/mol. The van der Waals surface area contributed by atoms with Crippen molar-refractivity contribution in [3.8, 4) is 0 Å². The zero-order chi connectivity index (χ0) is 12.1. The Morgan fingerprint density at radius 3 is 2.71 bits per heavy atom. The average Bonchev–Trinajstić information content (AvgIpc) is 2.37. The molecule has 0 saturated heterocycles. The van der Waals surface area contributed by atoms with Crippen molar-refractivity contribution in [2.45, 2.75) is 19.8 Å². The van der Waals surface area contributed by atoms with Gasteiger partial charge in [-0.05, 0) is 39.2 Å². The van der Waals surface area contributed by atoms with Crippen molar-refractivity contribution < 1.29 is 0 Å². The Morgan fingerprint density at radius 2 is 1.88 bits per heavy atom. The zero-order valence-electron chi connectivity index (χ0n) is 10.1. The number of benzene rings is 2. The molecule has 2 rings (SSSR count). The molecule has 0 unspecified atom stereocenters. The van der Waals surface area contributed by atoms with Crippen LogP contribution in [0.3, 0.4) is 0 Å². The Balaban J connectivity index is 2.23. The Bertz CT molecular complexity index is 508. The molecule has 0 aliphatic heterocycles. The third kappa shape index (κ3) is 3.32. The molecule has 0 bridgehead atoms. The summed E-state index contributed by atoms with van der Waals surface area (Å²) in [6.07, 6.45) is 4.56. The van der Waals surface area contributed by atoms with Crippen molar-refractivity contribution in [1.29, 1.82) is 0 Å². The Kier molecular flexibility index (Phi) is 4.60. The van der Waals surface area contributed by atoms with Gasteiger partial charge in [0.1, 0.15) is 0 Å². The maximum atomic E-state index is 2.32. The van der Waals surface area contributed by atoms with Gasteiger partial charge in [0.25, 0.3) is 0 Å². The Labute approximate surface area is 117 Å².